The van der Waals surface area contributed by atoms with Crippen LogP contribution in [0.25, 0.3) is 0 Å². The Labute approximate surface area is 95.6 Å². The second kappa shape index (κ2) is 4.25. The summed E-state index contributed by atoms with van der Waals surface area (Å²) >= 11 is 0. The quantitative estimate of drug-likeness (QED) is 0.793. The molecule has 1 aliphatic rings. The Balaban J connectivity index is 2.18. The lowest BCUT2D eigenvalue weighted by molar-refractivity contribution is 0.178. The van der Waals surface area contributed by atoms with E-state index in [-0.39, 0.29) is 5.54 Å². The molecule has 5 nitrogen and oxygen atoms in total. The number of ether oxygens (including phenoxy) is 1. The minimum absolute atomic E-state index is 0.226. The fourth-order valence-corrected chi connectivity index (χ4v) is 1.50. The number of hydrogen-bond donors (Lipinski definition) is 2. The summed E-state index contributed by atoms with van der Waals surface area (Å²) in [6.07, 6.45) is 2.40. The van der Waals surface area contributed by atoms with Gasteiger partial charge < -0.3 is 15.4 Å². The zero-order valence-corrected chi connectivity index (χ0v) is 10.0. The zero-order chi connectivity index (χ0) is 11.6. The highest BCUT2D eigenvalue weighted by atomic mass is 16.5. The minimum atomic E-state index is 0.226. The van der Waals surface area contributed by atoms with Gasteiger partial charge in [-0.2, -0.15) is 0 Å². The van der Waals surface area contributed by atoms with E-state index >= 15 is 0 Å². The fourth-order valence-electron chi connectivity index (χ4n) is 1.50. The van der Waals surface area contributed by atoms with Crippen LogP contribution in [-0.4, -0.2) is 29.7 Å². The largest absolute Gasteiger partial charge is 0.377 e. The van der Waals surface area contributed by atoms with Crippen LogP contribution in [0, 0.1) is 0 Å². The van der Waals surface area contributed by atoms with Gasteiger partial charge in [-0.1, -0.05) is 0 Å². The number of methoxy groups -OCH3 is 1. The molecule has 0 saturated heterocycles. The number of nitrogens with one attached hydrogen (secondary N) is 2. The molecule has 0 radical (unpaired) electrons. The second-order valence-electron chi connectivity index (χ2n) is 4.42. The van der Waals surface area contributed by atoms with Crippen molar-refractivity contribution in [2.45, 2.75) is 31.9 Å². The monoisotopic (exact) mass is 222 g/mol. The van der Waals surface area contributed by atoms with Crippen LogP contribution in [0.2, 0.25) is 0 Å². The first-order valence-electron chi connectivity index (χ1n) is 5.48. The van der Waals surface area contributed by atoms with Crippen LogP contribution in [0.3, 0.4) is 0 Å². The number of aromatic nitrogens is 2. The molecule has 88 valence electrons. The average Bonchev–Trinajstić information content (AvgIpc) is 2.96. The molecular weight excluding hydrogens is 204 g/mol. The molecule has 1 aliphatic carbocycles. The van der Waals surface area contributed by atoms with Crippen molar-refractivity contribution >= 4 is 11.6 Å². The van der Waals surface area contributed by atoms with E-state index in [1.165, 1.54) is 12.8 Å². The van der Waals surface area contributed by atoms with Crippen molar-refractivity contribution in [1.29, 1.82) is 0 Å². The highest BCUT2D eigenvalue weighted by molar-refractivity contribution is 5.49. The number of anilines is 2. The van der Waals surface area contributed by atoms with Crippen molar-refractivity contribution in [3.63, 3.8) is 0 Å². The minimum Gasteiger partial charge on any atom is -0.377 e. The van der Waals surface area contributed by atoms with Gasteiger partial charge in [0.2, 0.25) is 0 Å². The van der Waals surface area contributed by atoms with Crippen LogP contribution in [0.15, 0.2) is 6.07 Å². The summed E-state index contributed by atoms with van der Waals surface area (Å²) in [6.45, 7) is 2.63. The molecule has 0 unspecified atom stereocenters. The topological polar surface area (TPSA) is 59.1 Å². The highest BCUT2D eigenvalue weighted by Crippen LogP contribution is 2.37. The molecule has 0 aliphatic heterocycles. The van der Waals surface area contributed by atoms with Crippen LogP contribution in [0.4, 0.5) is 11.6 Å². The van der Waals surface area contributed by atoms with E-state index in [0.29, 0.717) is 12.4 Å². The van der Waals surface area contributed by atoms with E-state index < -0.39 is 0 Å². The molecule has 0 bridgehead atoms. The zero-order valence-electron chi connectivity index (χ0n) is 10.0. The second-order valence-corrected chi connectivity index (χ2v) is 4.42. The summed E-state index contributed by atoms with van der Waals surface area (Å²) in [5.41, 5.74) is 0.226. The fraction of sp³-hybridized carbons (Fsp3) is 0.636. The van der Waals surface area contributed by atoms with Crippen molar-refractivity contribution in [2.24, 2.45) is 0 Å². The summed E-state index contributed by atoms with van der Waals surface area (Å²) in [7, 11) is 3.49. The summed E-state index contributed by atoms with van der Waals surface area (Å²) in [5.74, 6) is 2.38. The van der Waals surface area contributed by atoms with Gasteiger partial charge in [0.1, 0.15) is 18.2 Å². The van der Waals surface area contributed by atoms with Gasteiger partial charge in [-0.15, -0.1) is 0 Å². The number of rotatable bonds is 5. The van der Waals surface area contributed by atoms with E-state index in [9.17, 15) is 0 Å². The maximum absolute atomic E-state index is 5.05. The predicted molar refractivity (Wildman–Crippen MR) is 63.6 cm³/mol. The van der Waals surface area contributed by atoms with E-state index in [4.69, 9.17) is 4.74 Å². The van der Waals surface area contributed by atoms with Gasteiger partial charge in [0.15, 0.2) is 5.82 Å². The van der Waals surface area contributed by atoms with E-state index in [1.54, 1.807) is 7.11 Å². The Hall–Kier alpha value is -1.36. The Morgan fingerprint density at radius 2 is 2.06 bits per heavy atom. The molecule has 5 heteroatoms. The van der Waals surface area contributed by atoms with Crippen molar-refractivity contribution < 1.29 is 4.74 Å². The van der Waals surface area contributed by atoms with Crippen LogP contribution in [0.1, 0.15) is 25.6 Å². The first-order chi connectivity index (χ1) is 7.65. The van der Waals surface area contributed by atoms with Crippen LogP contribution >= 0.6 is 0 Å². The number of hydrogen-bond acceptors (Lipinski definition) is 5. The molecule has 1 fully saturated rings. The molecule has 0 atom stereocenters. The normalized spacial score (nSPS) is 16.9. The molecule has 1 heterocycles. The smallest absolute Gasteiger partial charge is 0.158 e. The molecule has 0 spiro atoms. The molecule has 1 aromatic heterocycles. The van der Waals surface area contributed by atoms with E-state index in [1.807, 2.05) is 13.1 Å². The SMILES string of the molecule is CNc1cc(NC2(C)CC2)nc(COC)n1. The lowest BCUT2D eigenvalue weighted by atomic mass is 10.3. The van der Waals surface area contributed by atoms with Gasteiger partial charge in [0, 0.05) is 25.8 Å². The highest BCUT2D eigenvalue weighted by Gasteiger charge is 2.37. The van der Waals surface area contributed by atoms with Crippen molar-refractivity contribution in [3.05, 3.63) is 11.9 Å². The Bertz CT molecular complexity index is 376. The van der Waals surface area contributed by atoms with Crippen molar-refractivity contribution in [1.82, 2.24) is 9.97 Å². The molecule has 2 rings (SSSR count). The third-order valence-corrected chi connectivity index (χ3v) is 2.73. The van der Waals surface area contributed by atoms with Gasteiger partial charge >= 0.3 is 0 Å². The van der Waals surface area contributed by atoms with Crippen molar-refractivity contribution in [3.8, 4) is 0 Å². The lowest BCUT2D eigenvalue weighted by Gasteiger charge is -2.14. The van der Waals surface area contributed by atoms with E-state index in [0.717, 1.165) is 11.6 Å². The third-order valence-electron chi connectivity index (χ3n) is 2.73. The van der Waals surface area contributed by atoms with Gasteiger partial charge in [-0.25, -0.2) is 9.97 Å². The molecule has 1 saturated carbocycles. The molecular formula is C11H18N4O. The Morgan fingerprint density at radius 1 is 1.38 bits per heavy atom. The third kappa shape index (κ3) is 2.61. The van der Waals surface area contributed by atoms with Gasteiger partial charge in [-0.3, -0.25) is 0 Å². The Morgan fingerprint density at radius 3 is 2.62 bits per heavy atom. The molecule has 16 heavy (non-hydrogen) atoms. The van der Waals surface area contributed by atoms with E-state index in [2.05, 4.69) is 27.5 Å². The Kier molecular flexibility index (Phi) is 2.96. The van der Waals surface area contributed by atoms with Gasteiger partial charge in [0.05, 0.1) is 0 Å². The number of nitrogens with zero attached hydrogens (tertiary/aromatic N) is 2. The molecule has 0 aromatic carbocycles. The van der Waals surface area contributed by atoms with Crippen LogP contribution in [0.5, 0.6) is 0 Å². The summed E-state index contributed by atoms with van der Waals surface area (Å²) in [6, 6.07) is 1.92. The molecule has 2 N–H and O–H groups in total. The van der Waals surface area contributed by atoms with Gasteiger partial charge in [0.25, 0.3) is 0 Å². The van der Waals surface area contributed by atoms with Crippen LogP contribution < -0.4 is 10.6 Å². The first-order valence-corrected chi connectivity index (χ1v) is 5.48. The predicted octanol–water partition coefficient (Wildman–Crippen LogP) is 1.63. The lowest BCUT2D eigenvalue weighted by Crippen LogP contribution is -2.18. The molecule has 1 aromatic rings. The summed E-state index contributed by atoms with van der Waals surface area (Å²) in [4.78, 5) is 8.71. The molecule has 0 amide bonds. The standard InChI is InChI=1S/C11H18N4O/c1-11(4-5-11)15-9-6-8(12-2)13-10(14-9)7-16-3/h6H,4-5,7H2,1-3H3,(H2,12,13,14,15). The maximum Gasteiger partial charge on any atom is 0.158 e. The summed E-state index contributed by atoms with van der Waals surface area (Å²) in [5, 5.41) is 6.44. The maximum atomic E-state index is 5.05. The van der Waals surface area contributed by atoms with Gasteiger partial charge in [-0.05, 0) is 19.8 Å². The average molecular weight is 222 g/mol. The summed E-state index contributed by atoms with van der Waals surface area (Å²) < 4.78 is 5.05. The van der Waals surface area contributed by atoms with Crippen LogP contribution in [-0.2, 0) is 11.3 Å². The first kappa shape index (κ1) is 11.1. The van der Waals surface area contributed by atoms with Crippen molar-refractivity contribution in [2.75, 3.05) is 24.8 Å².